The zero-order valence-electron chi connectivity index (χ0n) is 12.9. The molecular weight excluding hydrogens is 312 g/mol. The zero-order valence-corrected chi connectivity index (χ0v) is 13.6. The summed E-state index contributed by atoms with van der Waals surface area (Å²) in [6.07, 6.45) is 6.14. The average Bonchev–Trinajstić information content (AvgIpc) is 2.56. The Hall–Kier alpha value is -2.38. The largest absolute Gasteiger partial charge is 0.422 e. The van der Waals surface area contributed by atoms with Gasteiger partial charge >= 0.3 is 5.97 Å². The van der Waals surface area contributed by atoms with Crippen molar-refractivity contribution < 1.29 is 9.53 Å². The maximum absolute atomic E-state index is 12.1. The van der Waals surface area contributed by atoms with E-state index in [2.05, 4.69) is 11.9 Å². The predicted molar refractivity (Wildman–Crippen MR) is 88.6 cm³/mol. The van der Waals surface area contributed by atoms with E-state index in [1.54, 1.807) is 12.3 Å². The van der Waals surface area contributed by atoms with Gasteiger partial charge in [0.2, 0.25) is 0 Å². The van der Waals surface area contributed by atoms with E-state index in [-0.39, 0.29) is 16.5 Å². The van der Waals surface area contributed by atoms with Gasteiger partial charge in [-0.3, -0.25) is 0 Å². The van der Waals surface area contributed by atoms with Gasteiger partial charge in [0, 0.05) is 12.3 Å². The van der Waals surface area contributed by atoms with Crippen LogP contribution < -0.4 is 4.74 Å². The number of unbranched alkanes of at least 4 members (excludes halogenated alkanes) is 2. The van der Waals surface area contributed by atoms with Crippen molar-refractivity contribution in [1.82, 2.24) is 4.98 Å². The molecule has 0 aliphatic rings. The summed E-state index contributed by atoms with van der Waals surface area (Å²) in [5.74, 6) is -0.265. The fraction of sp³-hybridized carbons (Fsp3) is 0.278. The van der Waals surface area contributed by atoms with Crippen LogP contribution >= 0.6 is 11.6 Å². The van der Waals surface area contributed by atoms with Crippen LogP contribution in [0.3, 0.4) is 0 Å². The Morgan fingerprint density at radius 2 is 2.13 bits per heavy atom. The highest BCUT2D eigenvalue weighted by Crippen LogP contribution is 2.22. The van der Waals surface area contributed by atoms with Crippen molar-refractivity contribution in [1.29, 1.82) is 5.26 Å². The van der Waals surface area contributed by atoms with Gasteiger partial charge in [-0.15, -0.1) is 0 Å². The minimum absolute atomic E-state index is 0.240. The van der Waals surface area contributed by atoms with Crippen LogP contribution in [-0.2, 0) is 6.42 Å². The zero-order chi connectivity index (χ0) is 16.7. The van der Waals surface area contributed by atoms with Crippen LogP contribution in [0.25, 0.3) is 0 Å². The van der Waals surface area contributed by atoms with Crippen molar-refractivity contribution in [3.63, 3.8) is 0 Å². The Bertz CT molecular complexity index is 721. The van der Waals surface area contributed by atoms with Gasteiger partial charge in [-0.1, -0.05) is 37.4 Å². The Kier molecular flexibility index (Phi) is 6.13. The van der Waals surface area contributed by atoms with Crippen LogP contribution in [0.1, 0.15) is 47.8 Å². The second kappa shape index (κ2) is 8.30. The number of hydrogen-bond donors (Lipinski definition) is 0. The van der Waals surface area contributed by atoms with E-state index in [0.717, 1.165) is 18.4 Å². The van der Waals surface area contributed by atoms with Crippen LogP contribution in [-0.4, -0.2) is 11.0 Å². The summed E-state index contributed by atoms with van der Waals surface area (Å²) in [7, 11) is 0. The third-order valence-corrected chi connectivity index (χ3v) is 3.69. The van der Waals surface area contributed by atoms with E-state index < -0.39 is 5.97 Å². The fourth-order valence-electron chi connectivity index (χ4n) is 2.08. The summed E-state index contributed by atoms with van der Waals surface area (Å²) in [6.45, 7) is 2.16. The molecule has 118 valence electrons. The number of aromatic nitrogens is 1. The quantitative estimate of drug-likeness (QED) is 0.443. The molecule has 0 aliphatic heterocycles. The molecule has 0 unspecified atom stereocenters. The monoisotopic (exact) mass is 328 g/mol. The lowest BCUT2D eigenvalue weighted by atomic mass is 10.1. The normalized spacial score (nSPS) is 10.1. The smallest absolute Gasteiger partial charge is 0.362 e. The minimum atomic E-state index is -0.550. The predicted octanol–water partition coefficient (Wildman–Crippen LogP) is 4.56. The summed E-state index contributed by atoms with van der Waals surface area (Å²) in [5, 5.41) is 9.07. The van der Waals surface area contributed by atoms with Crippen molar-refractivity contribution in [2.75, 3.05) is 0 Å². The molecule has 2 rings (SSSR count). The molecule has 5 heteroatoms. The van der Waals surface area contributed by atoms with Crippen LogP contribution in [0.2, 0.25) is 5.02 Å². The van der Waals surface area contributed by atoms with E-state index in [9.17, 15) is 4.79 Å². The maximum atomic E-state index is 12.1. The molecule has 23 heavy (non-hydrogen) atoms. The molecule has 0 amide bonds. The SMILES string of the molecule is CCCCCc1ccc(C(=O)Oc2ccc(C#N)c(Cl)c2)nc1. The summed E-state index contributed by atoms with van der Waals surface area (Å²) < 4.78 is 5.22. The Morgan fingerprint density at radius 1 is 1.30 bits per heavy atom. The van der Waals surface area contributed by atoms with E-state index in [1.807, 2.05) is 12.1 Å². The molecule has 2 aromatic rings. The first-order valence-corrected chi connectivity index (χ1v) is 7.88. The molecule has 0 aliphatic carbocycles. The number of carbonyl (C=O) groups excluding carboxylic acids is 1. The summed E-state index contributed by atoms with van der Waals surface area (Å²) >= 11 is 5.91. The van der Waals surface area contributed by atoms with Crippen LogP contribution in [0, 0.1) is 11.3 Å². The van der Waals surface area contributed by atoms with Crippen LogP contribution in [0.4, 0.5) is 0 Å². The van der Waals surface area contributed by atoms with Gasteiger partial charge in [-0.25, -0.2) is 9.78 Å². The lowest BCUT2D eigenvalue weighted by Crippen LogP contribution is -2.10. The second-order valence-corrected chi connectivity index (χ2v) is 5.56. The Labute approximate surface area is 140 Å². The van der Waals surface area contributed by atoms with E-state index in [0.29, 0.717) is 5.56 Å². The Balaban J connectivity index is 2.00. The average molecular weight is 329 g/mol. The second-order valence-electron chi connectivity index (χ2n) is 5.15. The number of hydrogen-bond acceptors (Lipinski definition) is 4. The number of ether oxygens (including phenoxy) is 1. The standard InChI is InChI=1S/C18H17ClN2O2/c1-2-3-4-5-13-6-9-17(21-12-13)18(22)23-15-8-7-14(11-20)16(19)10-15/h6-10,12H,2-5H2,1H3. The van der Waals surface area contributed by atoms with Gasteiger partial charge in [-0.2, -0.15) is 5.26 Å². The van der Waals surface area contributed by atoms with E-state index >= 15 is 0 Å². The van der Waals surface area contributed by atoms with Gasteiger partial charge in [0.25, 0.3) is 0 Å². The van der Waals surface area contributed by atoms with Crippen LogP contribution in [0.15, 0.2) is 36.5 Å². The third-order valence-electron chi connectivity index (χ3n) is 3.37. The summed E-state index contributed by atoms with van der Waals surface area (Å²) in [5.41, 5.74) is 1.68. The number of aryl methyl sites for hydroxylation is 1. The van der Waals surface area contributed by atoms with Crippen LogP contribution in [0.5, 0.6) is 5.75 Å². The number of esters is 1. The molecule has 0 fully saturated rings. The molecule has 0 atom stereocenters. The van der Waals surface area contributed by atoms with Crippen molar-refractivity contribution in [3.05, 3.63) is 58.4 Å². The van der Waals surface area contributed by atoms with Crippen molar-refractivity contribution in [2.45, 2.75) is 32.6 Å². The maximum Gasteiger partial charge on any atom is 0.362 e. The number of nitrogens with zero attached hydrogens (tertiary/aromatic N) is 2. The number of nitriles is 1. The molecule has 1 aromatic carbocycles. The van der Waals surface area contributed by atoms with Gasteiger partial charge in [0.1, 0.15) is 17.5 Å². The highest BCUT2D eigenvalue weighted by molar-refractivity contribution is 6.31. The molecule has 0 radical (unpaired) electrons. The first kappa shape index (κ1) is 17.0. The molecule has 4 nitrogen and oxygen atoms in total. The van der Waals surface area contributed by atoms with Gasteiger partial charge in [0.15, 0.2) is 0 Å². The highest BCUT2D eigenvalue weighted by atomic mass is 35.5. The minimum Gasteiger partial charge on any atom is -0.422 e. The van der Waals surface area contributed by atoms with Gasteiger partial charge in [-0.05, 0) is 36.6 Å². The molecule has 0 saturated heterocycles. The lowest BCUT2D eigenvalue weighted by Gasteiger charge is -2.06. The number of rotatable bonds is 6. The number of pyridine rings is 1. The van der Waals surface area contributed by atoms with Gasteiger partial charge in [0.05, 0.1) is 10.6 Å². The molecule has 0 saturated carbocycles. The summed E-state index contributed by atoms with van der Waals surface area (Å²) in [6, 6.07) is 9.99. The first-order valence-electron chi connectivity index (χ1n) is 7.50. The molecule has 0 bridgehead atoms. The van der Waals surface area contributed by atoms with Crippen molar-refractivity contribution in [3.8, 4) is 11.8 Å². The molecular formula is C18H17ClN2O2. The molecule has 1 heterocycles. The van der Waals surface area contributed by atoms with Gasteiger partial charge < -0.3 is 4.74 Å². The first-order chi connectivity index (χ1) is 11.1. The molecule has 1 aromatic heterocycles. The number of carbonyl (C=O) groups is 1. The highest BCUT2D eigenvalue weighted by Gasteiger charge is 2.11. The van der Waals surface area contributed by atoms with Crippen molar-refractivity contribution >= 4 is 17.6 Å². The van der Waals surface area contributed by atoms with E-state index in [4.69, 9.17) is 21.6 Å². The fourth-order valence-corrected chi connectivity index (χ4v) is 2.29. The number of benzene rings is 1. The van der Waals surface area contributed by atoms with E-state index in [1.165, 1.54) is 31.0 Å². The Morgan fingerprint density at radius 3 is 2.74 bits per heavy atom. The summed E-state index contributed by atoms with van der Waals surface area (Å²) in [4.78, 5) is 16.2. The lowest BCUT2D eigenvalue weighted by molar-refractivity contribution is 0.0728. The topological polar surface area (TPSA) is 63.0 Å². The third kappa shape index (κ3) is 4.80. The van der Waals surface area contributed by atoms with Crippen molar-refractivity contribution in [2.24, 2.45) is 0 Å². The number of halogens is 1. The molecule has 0 spiro atoms. The molecule has 0 N–H and O–H groups in total.